The number of piperazine rings is 1. The fourth-order valence-corrected chi connectivity index (χ4v) is 4.04. The number of carbonyl (C=O) groups excluding carboxylic acids is 2. The van der Waals surface area contributed by atoms with Crippen LogP contribution in [0.1, 0.15) is 16.4 Å². The fourth-order valence-electron chi connectivity index (χ4n) is 3.78. The molecule has 7 heteroatoms. The summed E-state index contributed by atoms with van der Waals surface area (Å²) in [5, 5.41) is 0. The lowest BCUT2D eigenvalue weighted by Gasteiger charge is -2.37. The molecule has 31 heavy (non-hydrogen) atoms. The van der Waals surface area contributed by atoms with Crippen molar-refractivity contribution in [2.75, 3.05) is 31.1 Å². The van der Waals surface area contributed by atoms with Crippen molar-refractivity contribution in [2.45, 2.75) is 6.04 Å². The maximum Gasteiger partial charge on any atom is 0.253 e. The summed E-state index contributed by atoms with van der Waals surface area (Å²) in [7, 11) is 0. The van der Waals surface area contributed by atoms with E-state index in [2.05, 4.69) is 20.8 Å². The minimum Gasteiger partial charge on any atom is -0.368 e. The smallest absolute Gasteiger partial charge is 0.253 e. The standard InChI is InChI=1S/C24H22BrN3O3/c25-19-11-9-18(10-12-19)23(30)22(28-13-5-4-8-21(28)29)24(31)27-16-14-26(15-17-27)20-6-2-1-3-7-20/h1-13,22H,14-17H2/t22-/m1/s1. The van der Waals surface area contributed by atoms with E-state index >= 15 is 0 Å². The number of amides is 1. The molecule has 1 saturated heterocycles. The number of Topliss-reactive ketones (excluding diaryl/α,β-unsaturated/α-hetero) is 1. The predicted molar refractivity (Wildman–Crippen MR) is 123 cm³/mol. The lowest BCUT2D eigenvalue weighted by atomic mass is 10.0. The van der Waals surface area contributed by atoms with Crippen molar-refractivity contribution in [2.24, 2.45) is 0 Å². The van der Waals surface area contributed by atoms with Gasteiger partial charge in [0.1, 0.15) is 0 Å². The normalized spacial score (nSPS) is 14.9. The molecule has 1 aliphatic rings. The molecule has 3 aromatic rings. The summed E-state index contributed by atoms with van der Waals surface area (Å²) in [5.41, 5.74) is 1.12. The molecule has 1 fully saturated rings. The Hall–Kier alpha value is -3.19. The second-order valence-corrected chi connectivity index (χ2v) is 8.28. The molecule has 0 saturated carbocycles. The van der Waals surface area contributed by atoms with Crippen molar-refractivity contribution in [3.63, 3.8) is 0 Å². The molecule has 1 atom stereocenters. The van der Waals surface area contributed by atoms with Crippen molar-refractivity contribution in [1.29, 1.82) is 0 Å². The predicted octanol–water partition coefficient (Wildman–Crippen LogP) is 3.38. The zero-order valence-corrected chi connectivity index (χ0v) is 18.4. The molecular weight excluding hydrogens is 458 g/mol. The Morgan fingerprint density at radius 1 is 0.806 bits per heavy atom. The van der Waals surface area contributed by atoms with Gasteiger partial charge in [0.25, 0.3) is 11.5 Å². The van der Waals surface area contributed by atoms with E-state index < -0.39 is 11.8 Å². The van der Waals surface area contributed by atoms with E-state index in [1.807, 2.05) is 30.3 Å². The van der Waals surface area contributed by atoms with Crippen LogP contribution in [-0.4, -0.2) is 47.3 Å². The number of pyridine rings is 1. The zero-order chi connectivity index (χ0) is 21.8. The summed E-state index contributed by atoms with van der Waals surface area (Å²) in [6.07, 6.45) is 1.50. The summed E-state index contributed by atoms with van der Waals surface area (Å²) in [5.74, 6) is -0.745. The number of hydrogen-bond acceptors (Lipinski definition) is 4. The molecule has 0 radical (unpaired) electrons. The average Bonchev–Trinajstić information content (AvgIpc) is 2.81. The number of ketones is 1. The molecule has 2 heterocycles. The van der Waals surface area contributed by atoms with Gasteiger partial charge in [-0.25, -0.2) is 0 Å². The Bertz CT molecular complexity index is 1120. The first-order chi connectivity index (χ1) is 15.0. The lowest BCUT2D eigenvalue weighted by molar-refractivity contribution is -0.133. The van der Waals surface area contributed by atoms with Crippen LogP contribution in [0.2, 0.25) is 0 Å². The summed E-state index contributed by atoms with van der Waals surface area (Å²) in [6.45, 7) is 2.30. The molecule has 6 nitrogen and oxygen atoms in total. The van der Waals surface area contributed by atoms with E-state index in [1.54, 1.807) is 41.3 Å². The van der Waals surface area contributed by atoms with Gasteiger partial charge in [-0.05, 0) is 30.3 Å². The van der Waals surface area contributed by atoms with E-state index in [0.717, 1.165) is 10.2 Å². The fraction of sp³-hybridized carbons (Fsp3) is 0.208. The second kappa shape index (κ2) is 9.31. The molecule has 0 bridgehead atoms. The molecule has 0 spiro atoms. The Balaban J connectivity index is 1.59. The SMILES string of the molecule is O=C(c1ccc(Br)cc1)[C@H](C(=O)N1CCN(c2ccccc2)CC1)n1ccccc1=O. The number of anilines is 1. The third-order valence-corrected chi connectivity index (χ3v) is 5.98. The number of carbonyl (C=O) groups is 2. The van der Waals surface area contributed by atoms with Crippen LogP contribution in [0.25, 0.3) is 0 Å². The number of para-hydroxylation sites is 1. The van der Waals surface area contributed by atoms with Gasteiger partial charge in [0.15, 0.2) is 11.8 Å². The van der Waals surface area contributed by atoms with E-state index in [4.69, 9.17) is 0 Å². The van der Waals surface area contributed by atoms with Gasteiger partial charge in [0.05, 0.1) is 0 Å². The molecule has 158 valence electrons. The van der Waals surface area contributed by atoms with Gasteiger partial charge in [-0.15, -0.1) is 0 Å². The summed E-state index contributed by atoms with van der Waals surface area (Å²) < 4.78 is 2.07. The Kier molecular flexibility index (Phi) is 6.32. The first kappa shape index (κ1) is 21.1. The highest BCUT2D eigenvalue weighted by atomic mass is 79.9. The molecule has 0 N–H and O–H groups in total. The van der Waals surface area contributed by atoms with Gasteiger partial charge in [-0.1, -0.05) is 52.3 Å². The number of aromatic nitrogens is 1. The van der Waals surface area contributed by atoms with Crippen LogP contribution in [0.3, 0.4) is 0 Å². The largest absolute Gasteiger partial charge is 0.368 e. The number of hydrogen-bond donors (Lipinski definition) is 0. The molecule has 2 aromatic carbocycles. The van der Waals surface area contributed by atoms with Crippen molar-refractivity contribution < 1.29 is 9.59 Å². The number of benzene rings is 2. The number of nitrogens with zero attached hydrogens (tertiary/aromatic N) is 3. The Morgan fingerprint density at radius 3 is 2.10 bits per heavy atom. The van der Waals surface area contributed by atoms with Gasteiger partial charge in [-0.2, -0.15) is 0 Å². The van der Waals surface area contributed by atoms with E-state index in [1.165, 1.54) is 16.8 Å². The van der Waals surface area contributed by atoms with Gasteiger partial charge in [0.2, 0.25) is 0 Å². The molecule has 0 unspecified atom stereocenters. The van der Waals surface area contributed by atoms with Crippen LogP contribution in [0.5, 0.6) is 0 Å². The van der Waals surface area contributed by atoms with E-state index in [-0.39, 0.29) is 11.5 Å². The van der Waals surface area contributed by atoms with Gasteiger partial charge >= 0.3 is 0 Å². The highest BCUT2D eigenvalue weighted by molar-refractivity contribution is 9.10. The van der Waals surface area contributed by atoms with Crippen LogP contribution in [0.4, 0.5) is 5.69 Å². The van der Waals surface area contributed by atoms with Gasteiger partial charge in [0, 0.05) is 54.2 Å². The molecule has 0 aliphatic carbocycles. The van der Waals surface area contributed by atoms with E-state index in [9.17, 15) is 14.4 Å². The maximum absolute atomic E-state index is 13.5. The Labute approximate surface area is 188 Å². The monoisotopic (exact) mass is 479 g/mol. The first-order valence-corrected chi connectivity index (χ1v) is 10.9. The Morgan fingerprint density at radius 2 is 1.45 bits per heavy atom. The van der Waals surface area contributed by atoms with Crippen LogP contribution >= 0.6 is 15.9 Å². The zero-order valence-electron chi connectivity index (χ0n) is 16.9. The van der Waals surface area contributed by atoms with Crippen molar-refractivity contribution >= 4 is 33.3 Å². The minimum atomic E-state index is -1.22. The topological polar surface area (TPSA) is 62.6 Å². The van der Waals surface area contributed by atoms with Crippen LogP contribution in [0.15, 0.2) is 88.3 Å². The average molecular weight is 480 g/mol. The van der Waals surface area contributed by atoms with Crippen LogP contribution < -0.4 is 10.5 Å². The molecule has 4 rings (SSSR count). The third kappa shape index (κ3) is 4.61. The van der Waals surface area contributed by atoms with Crippen molar-refractivity contribution in [1.82, 2.24) is 9.47 Å². The minimum absolute atomic E-state index is 0.353. The van der Waals surface area contributed by atoms with Crippen LogP contribution in [0, 0.1) is 0 Å². The van der Waals surface area contributed by atoms with Crippen molar-refractivity contribution in [3.05, 3.63) is 99.4 Å². The highest BCUT2D eigenvalue weighted by Crippen LogP contribution is 2.21. The van der Waals surface area contributed by atoms with E-state index in [0.29, 0.717) is 31.7 Å². The van der Waals surface area contributed by atoms with Gasteiger partial charge in [-0.3, -0.25) is 19.0 Å². The van der Waals surface area contributed by atoms with Crippen LogP contribution in [-0.2, 0) is 4.79 Å². The molecule has 1 aromatic heterocycles. The third-order valence-electron chi connectivity index (χ3n) is 5.45. The summed E-state index contributed by atoms with van der Waals surface area (Å²) in [4.78, 5) is 43.2. The number of halogens is 1. The number of rotatable bonds is 5. The lowest BCUT2D eigenvalue weighted by Crippen LogP contribution is -2.52. The molecule has 1 amide bonds. The van der Waals surface area contributed by atoms with Gasteiger partial charge < -0.3 is 9.80 Å². The maximum atomic E-state index is 13.5. The second-order valence-electron chi connectivity index (χ2n) is 7.37. The summed E-state index contributed by atoms with van der Waals surface area (Å²) >= 11 is 3.36. The van der Waals surface area contributed by atoms with Crippen molar-refractivity contribution in [3.8, 4) is 0 Å². The summed E-state index contributed by atoms with van der Waals surface area (Å²) in [6, 6.07) is 20.3. The first-order valence-electron chi connectivity index (χ1n) is 10.1. The quantitative estimate of drug-likeness (QED) is 0.415. The molecule has 1 aliphatic heterocycles. The highest BCUT2D eigenvalue weighted by Gasteiger charge is 2.35. The molecular formula is C24H22BrN3O3.